The summed E-state index contributed by atoms with van der Waals surface area (Å²) in [5.41, 5.74) is 2.10. The molecular formula is C27H26N2O7S. The Balaban J connectivity index is 1.94. The van der Waals surface area contributed by atoms with Crippen LogP contribution in [0.1, 0.15) is 45.0 Å². The lowest BCUT2D eigenvalue weighted by Crippen LogP contribution is -2.29. The van der Waals surface area contributed by atoms with Crippen molar-refractivity contribution in [3.05, 3.63) is 75.3 Å². The fourth-order valence-corrected chi connectivity index (χ4v) is 5.09. The number of carbonyl (C=O) groups is 3. The molecule has 0 spiro atoms. The summed E-state index contributed by atoms with van der Waals surface area (Å²) in [6.45, 7) is 5.40. The lowest BCUT2D eigenvalue weighted by atomic mass is 9.95. The van der Waals surface area contributed by atoms with E-state index in [9.17, 15) is 19.5 Å². The summed E-state index contributed by atoms with van der Waals surface area (Å²) >= 11 is 0.945. The monoisotopic (exact) mass is 522 g/mol. The average molecular weight is 523 g/mol. The zero-order valence-corrected chi connectivity index (χ0v) is 21.8. The quantitative estimate of drug-likeness (QED) is 0.208. The van der Waals surface area contributed by atoms with E-state index in [1.165, 1.54) is 19.1 Å². The van der Waals surface area contributed by atoms with Gasteiger partial charge >= 0.3 is 11.9 Å². The van der Waals surface area contributed by atoms with Crippen LogP contribution in [0, 0.1) is 13.8 Å². The number of nitrogens with zero attached hydrogens (tertiary/aromatic N) is 2. The van der Waals surface area contributed by atoms with Crippen molar-refractivity contribution in [1.29, 1.82) is 0 Å². The predicted molar refractivity (Wildman–Crippen MR) is 138 cm³/mol. The highest BCUT2D eigenvalue weighted by Gasteiger charge is 2.48. The van der Waals surface area contributed by atoms with Crippen LogP contribution in [0.3, 0.4) is 0 Å². The standard InChI is InChI=1S/C27H26N2O7S/c1-6-36-26(33)24-15(3)28-27(37-24)29-21(17-11-12-18(34-4)19(13-17)35-5)20(23(31)25(29)32)22(30)16-9-7-14(2)8-10-16/h7-13,21,30H,6H2,1-5H3/t21-/m0/s1. The van der Waals surface area contributed by atoms with Gasteiger partial charge in [-0.15, -0.1) is 0 Å². The largest absolute Gasteiger partial charge is 0.507 e. The number of rotatable bonds is 7. The first-order valence-corrected chi connectivity index (χ1v) is 12.3. The maximum absolute atomic E-state index is 13.4. The van der Waals surface area contributed by atoms with Gasteiger partial charge in [0.15, 0.2) is 16.6 Å². The van der Waals surface area contributed by atoms with Crippen LogP contribution in [0.25, 0.3) is 5.76 Å². The zero-order chi connectivity index (χ0) is 26.9. The molecule has 9 nitrogen and oxygen atoms in total. The van der Waals surface area contributed by atoms with E-state index < -0.39 is 23.7 Å². The average Bonchev–Trinajstić information content (AvgIpc) is 3.40. The SMILES string of the molecule is CCOC(=O)c1sc(N2C(=O)C(=O)C(=C(O)c3ccc(C)cc3)[C@@H]2c2ccc(OC)c(OC)c2)nc1C. The molecule has 4 rings (SSSR count). The topological polar surface area (TPSA) is 115 Å². The normalized spacial score (nSPS) is 16.7. The number of hydrogen-bond acceptors (Lipinski definition) is 9. The zero-order valence-electron chi connectivity index (χ0n) is 21.0. The Bertz CT molecular complexity index is 1410. The third kappa shape index (κ3) is 4.67. The van der Waals surface area contributed by atoms with Crippen molar-refractivity contribution in [1.82, 2.24) is 4.98 Å². The molecule has 2 aromatic carbocycles. The number of aryl methyl sites for hydroxylation is 2. The summed E-state index contributed by atoms with van der Waals surface area (Å²) in [5, 5.41) is 11.4. The molecule has 0 unspecified atom stereocenters. The van der Waals surface area contributed by atoms with Gasteiger partial charge in [0.1, 0.15) is 10.6 Å². The summed E-state index contributed by atoms with van der Waals surface area (Å²) in [6, 6.07) is 10.9. The lowest BCUT2D eigenvalue weighted by molar-refractivity contribution is -0.132. The van der Waals surface area contributed by atoms with Crippen molar-refractivity contribution >= 4 is 39.9 Å². The van der Waals surface area contributed by atoms with Crippen molar-refractivity contribution in [2.45, 2.75) is 26.8 Å². The van der Waals surface area contributed by atoms with Gasteiger partial charge < -0.3 is 19.3 Å². The van der Waals surface area contributed by atoms with Gasteiger partial charge in [0.2, 0.25) is 0 Å². The van der Waals surface area contributed by atoms with Crippen molar-refractivity contribution in [3.8, 4) is 11.5 Å². The number of aromatic nitrogens is 1. The second-order valence-electron chi connectivity index (χ2n) is 8.28. The molecule has 2 heterocycles. The first-order valence-electron chi connectivity index (χ1n) is 11.5. The van der Waals surface area contributed by atoms with Crippen LogP contribution in [0.5, 0.6) is 11.5 Å². The molecule has 10 heteroatoms. The number of aliphatic hydroxyl groups is 1. The summed E-state index contributed by atoms with van der Waals surface area (Å²) < 4.78 is 15.9. The number of ether oxygens (including phenoxy) is 3. The van der Waals surface area contributed by atoms with Gasteiger partial charge in [0.25, 0.3) is 5.78 Å². The van der Waals surface area contributed by atoms with Crippen LogP contribution in [0.15, 0.2) is 48.0 Å². The molecule has 0 bridgehead atoms. The molecule has 1 N–H and O–H groups in total. The van der Waals surface area contributed by atoms with Crippen molar-refractivity contribution in [2.75, 3.05) is 25.7 Å². The van der Waals surface area contributed by atoms with E-state index in [0.717, 1.165) is 16.9 Å². The number of anilines is 1. The number of carbonyl (C=O) groups excluding carboxylic acids is 3. The molecule has 1 aromatic heterocycles. The maximum atomic E-state index is 13.4. The van der Waals surface area contributed by atoms with Crippen molar-refractivity contribution in [2.24, 2.45) is 0 Å². The molecule has 37 heavy (non-hydrogen) atoms. The minimum absolute atomic E-state index is 0.105. The third-order valence-electron chi connectivity index (χ3n) is 5.94. The van der Waals surface area contributed by atoms with E-state index >= 15 is 0 Å². The first kappa shape index (κ1) is 25.9. The third-order valence-corrected chi connectivity index (χ3v) is 7.08. The second kappa shape index (κ2) is 10.4. The van der Waals surface area contributed by atoms with Gasteiger partial charge in [0.05, 0.1) is 38.1 Å². The Morgan fingerprint density at radius 1 is 1.05 bits per heavy atom. The van der Waals surface area contributed by atoms with Gasteiger partial charge in [-0.1, -0.05) is 47.2 Å². The second-order valence-corrected chi connectivity index (χ2v) is 9.26. The van der Waals surface area contributed by atoms with Gasteiger partial charge in [0, 0.05) is 5.56 Å². The van der Waals surface area contributed by atoms with Crippen LogP contribution in [0.2, 0.25) is 0 Å². The molecule has 0 saturated carbocycles. The summed E-state index contributed by atoms with van der Waals surface area (Å²) in [4.78, 5) is 45.1. The van der Waals surface area contributed by atoms with E-state index in [0.29, 0.717) is 28.3 Å². The van der Waals surface area contributed by atoms with Crippen molar-refractivity contribution < 1.29 is 33.7 Å². The highest BCUT2D eigenvalue weighted by atomic mass is 32.1. The molecule has 3 aromatic rings. The molecule has 1 saturated heterocycles. The van der Waals surface area contributed by atoms with Crippen LogP contribution in [0.4, 0.5) is 5.13 Å². The van der Waals surface area contributed by atoms with E-state index in [1.807, 2.05) is 6.92 Å². The number of Topliss-reactive ketones (excluding diaryl/α,β-unsaturated/α-hetero) is 1. The molecule has 0 radical (unpaired) electrons. The van der Waals surface area contributed by atoms with E-state index in [2.05, 4.69) is 4.98 Å². The number of ketones is 1. The molecular weight excluding hydrogens is 496 g/mol. The number of aliphatic hydroxyl groups excluding tert-OH is 1. The number of thiazole rings is 1. The fourth-order valence-electron chi connectivity index (χ4n) is 4.11. The van der Waals surface area contributed by atoms with Gasteiger partial charge in [-0.3, -0.25) is 14.5 Å². The van der Waals surface area contributed by atoms with Crippen molar-refractivity contribution in [3.63, 3.8) is 0 Å². The van der Waals surface area contributed by atoms with E-state index in [1.54, 1.807) is 56.3 Å². The summed E-state index contributed by atoms with van der Waals surface area (Å²) in [7, 11) is 2.97. The van der Waals surface area contributed by atoms with Crippen LogP contribution >= 0.6 is 11.3 Å². The first-order chi connectivity index (χ1) is 17.7. The molecule has 1 amide bonds. The molecule has 1 aliphatic heterocycles. The summed E-state index contributed by atoms with van der Waals surface area (Å²) in [6.07, 6.45) is 0. The fraction of sp³-hybridized carbons (Fsp3) is 0.259. The Labute approximate surface area is 217 Å². The number of esters is 1. The highest BCUT2D eigenvalue weighted by molar-refractivity contribution is 7.17. The maximum Gasteiger partial charge on any atom is 0.350 e. The van der Waals surface area contributed by atoms with E-state index in [4.69, 9.17) is 14.2 Å². The lowest BCUT2D eigenvalue weighted by Gasteiger charge is -2.23. The highest BCUT2D eigenvalue weighted by Crippen LogP contribution is 2.45. The van der Waals surface area contributed by atoms with Crippen LogP contribution in [-0.2, 0) is 14.3 Å². The number of amides is 1. The van der Waals surface area contributed by atoms with E-state index in [-0.39, 0.29) is 27.9 Å². The number of hydrogen-bond donors (Lipinski definition) is 1. The predicted octanol–water partition coefficient (Wildman–Crippen LogP) is 4.58. The van der Waals surface area contributed by atoms with Crippen LogP contribution < -0.4 is 14.4 Å². The number of benzene rings is 2. The minimum Gasteiger partial charge on any atom is -0.507 e. The Morgan fingerprint density at radius 3 is 2.35 bits per heavy atom. The summed E-state index contributed by atoms with van der Waals surface area (Å²) in [5.74, 6) is -1.80. The Kier molecular flexibility index (Phi) is 7.30. The molecule has 1 aliphatic rings. The Morgan fingerprint density at radius 2 is 1.73 bits per heavy atom. The van der Waals surface area contributed by atoms with Gasteiger partial charge in [-0.25, -0.2) is 9.78 Å². The minimum atomic E-state index is -1.04. The molecule has 1 atom stereocenters. The molecule has 192 valence electrons. The number of methoxy groups -OCH3 is 2. The van der Waals surface area contributed by atoms with Gasteiger partial charge in [-0.2, -0.15) is 0 Å². The van der Waals surface area contributed by atoms with Gasteiger partial charge in [-0.05, 0) is 38.5 Å². The Hall–Kier alpha value is -4.18. The molecule has 0 aliphatic carbocycles. The molecule has 1 fully saturated rings. The smallest absolute Gasteiger partial charge is 0.350 e. The van der Waals surface area contributed by atoms with Crippen LogP contribution in [-0.4, -0.2) is 48.6 Å².